The number of hydrogen-bond donors (Lipinski definition) is 1. The van der Waals surface area contributed by atoms with Gasteiger partial charge in [0.25, 0.3) is 0 Å². The van der Waals surface area contributed by atoms with Crippen molar-refractivity contribution < 1.29 is 4.79 Å². The molecule has 1 amide bonds. The maximum absolute atomic E-state index is 12.7. The van der Waals surface area contributed by atoms with Crippen molar-refractivity contribution in [3.63, 3.8) is 0 Å². The lowest BCUT2D eigenvalue weighted by Gasteiger charge is -2.34. The van der Waals surface area contributed by atoms with Gasteiger partial charge in [0.15, 0.2) is 0 Å². The van der Waals surface area contributed by atoms with E-state index in [1.54, 1.807) is 12.4 Å². The number of rotatable bonds is 6. The van der Waals surface area contributed by atoms with Crippen molar-refractivity contribution in [3.8, 4) is 0 Å². The van der Waals surface area contributed by atoms with Crippen LogP contribution in [0.4, 0.5) is 0 Å². The van der Waals surface area contributed by atoms with Crippen molar-refractivity contribution >= 4 is 5.91 Å². The van der Waals surface area contributed by atoms with Crippen LogP contribution in [0.2, 0.25) is 0 Å². The average molecular weight is 351 g/mol. The summed E-state index contributed by atoms with van der Waals surface area (Å²) in [6.45, 7) is 6.68. The summed E-state index contributed by atoms with van der Waals surface area (Å²) in [5.41, 5.74) is 2.16. The van der Waals surface area contributed by atoms with Gasteiger partial charge in [0.2, 0.25) is 5.91 Å². The standard InChI is InChI=1S/C22H29N3O/c1-17(2)25-14-10-18(11-15-25)16-21(26)24-22(19-6-4-3-5-7-19)20-8-12-23-13-9-20/h3-9,12-13,17-18,22H,10-11,14-16H2,1-2H3,(H,24,26)/t22-/m1/s1. The van der Waals surface area contributed by atoms with Gasteiger partial charge in [0.05, 0.1) is 6.04 Å². The molecule has 0 radical (unpaired) electrons. The van der Waals surface area contributed by atoms with Crippen molar-refractivity contribution in [1.29, 1.82) is 0 Å². The Morgan fingerprint density at radius 1 is 1.08 bits per heavy atom. The van der Waals surface area contributed by atoms with E-state index in [1.165, 1.54) is 0 Å². The first kappa shape index (κ1) is 18.6. The van der Waals surface area contributed by atoms with E-state index in [2.05, 4.69) is 41.2 Å². The summed E-state index contributed by atoms with van der Waals surface area (Å²) < 4.78 is 0. The Labute approximate surface area is 156 Å². The minimum absolute atomic E-state index is 0.123. The smallest absolute Gasteiger partial charge is 0.221 e. The fourth-order valence-electron chi connectivity index (χ4n) is 3.72. The van der Waals surface area contributed by atoms with Crippen LogP contribution in [0.1, 0.15) is 50.3 Å². The van der Waals surface area contributed by atoms with Gasteiger partial charge in [-0.3, -0.25) is 9.78 Å². The van der Waals surface area contributed by atoms with Gasteiger partial charge in [0.1, 0.15) is 0 Å². The SMILES string of the molecule is CC(C)N1CCC(CC(=O)N[C@H](c2ccccc2)c2ccncc2)CC1. The molecule has 2 aromatic rings. The molecule has 1 N–H and O–H groups in total. The van der Waals surface area contributed by atoms with Gasteiger partial charge >= 0.3 is 0 Å². The van der Waals surface area contributed by atoms with E-state index in [4.69, 9.17) is 0 Å². The van der Waals surface area contributed by atoms with Crippen LogP contribution < -0.4 is 5.32 Å². The number of pyridine rings is 1. The molecule has 1 aromatic heterocycles. The number of piperidine rings is 1. The van der Waals surface area contributed by atoms with Gasteiger partial charge in [-0.05, 0) is 69.0 Å². The summed E-state index contributed by atoms with van der Waals surface area (Å²) in [6.07, 6.45) is 6.38. The largest absolute Gasteiger partial charge is 0.345 e. The van der Waals surface area contributed by atoms with Crippen molar-refractivity contribution in [2.24, 2.45) is 5.92 Å². The second-order valence-electron chi connectivity index (χ2n) is 7.47. The Morgan fingerprint density at radius 2 is 1.69 bits per heavy atom. The lowest BCUT2D eigenvalue weighted by atomic mass is 9.92. The van der Waals surface area contributed by atoms with Crippen LogP contribution in [0, 0.1) is 5.92 Å². The molecular weight excluding hydrogens is 322 g/mol. The zero-order chi connectivity index (χ0) is 18.4. The number of nitrogens with zero attached hydrogens (tertiary/aromatic N) is 2. The fraction of sp³-hybridized carbons (Fsp3) is 0.455. The zero-order valence-electron chi connectivity index (χ0n) is 15.8. The maximum Gasteiger partial charge on any atom is 0.221 e. The lowest BCUT2D eigenvalue weighted by molar-refractivity contribution is -0.122. The second kappa shape index (κ2) is 8.95. The van der Waals surface area contributed by atoms with Gasteiger partial charge in [-0.2, -0.15) is 0 Å². The molecule has 1 saturated heterocycles. The van der Waals surface area contributed by atoms with Gasteiger partial charge in [-0.15, -0.1) is 0 Å². The zero-order valence-corrected chi connectivity index (χ0v) is 15.8. The van der Waals surface area contributed by atoms with Crippen molar-refractivity contribution in [2.45, 2.75) is 45.2 Å². The molecule has 1 aliphatic heterocycles. The molecule has 1 atom stereocenters. The number of amides is 1. The van der Waals surface area contributed by atoms with Gasteiger partial charge < -0.3 is 10.2 Å². The summed E-state index contributed by atoms with van der Waals surface area (Å²) in [6, 6.07) is 14.6. The third-order valence-electron chi connectivity index (χ3n) is 5.33. The average Bonchev–Trinajstić information content (AvgIpc) is 2.68. The van der Waals surface area contributed by atoms with E-state index >= 15 is 0 Å². The number of carbonyl (C=O) groups excluding carboxylic acids is 1. The van der Waals surface area contributed by atoms with E-state index in [9.17, 15) is 4.79 Å². The Balaban J connectivity index is 1.63. The van der Waals surface area contributed by atoms with Crippen molar-refractivity contribution in [1.82, 2.24) is 15.2 Å². The number of hydrogen-bond acceptors (Lipinski definition) is 3. The monoisotopic (exact) mass is 351 g/mol. The molecule has 4 nitrogen and oxygen atoms in total. The van der Waals surface area contributed by atoms with Crippen LogP contribution in [0.25, 0.3) is 0 Å². The van der Waals surface area contributed by atoms with Crippen LogP contribution in [0.5, 0.6) is 0 Å². The third kappa shape index (κ3) is 4.92. The molecule has 0 bridgehead atoms. The molecule has 0 aliphatic carbocycles. The first-order valence-electron chi connectivity index (χ1n) is 9.61. The first-order valence-corrected chi connectivity index (χ1v) is 9.61. The summed E-state index contributed by atoms with van der Waals surface area (Å²) in [5, 5.41) is 3.25. The van der Waals surface area contributed by atoms with Crippen LogP contribution >= 0.6 is 0 Å². The normalized spacial score (nSPS) is 17.2. The predicted octanol–water partition coefficient (Wildman–Crippen LogP) is 3.80. The molecular formula is C22H29N3O. The Kier molecular flexibility index (Phi) is 6.40. The molecule has 1 fully saturated rings. The maximum atomic E-state index is 12.7. The number of nitrogens with one attached hydrogen (secondary N) is 1. The molecule has 0 saturated carbocycles. The number of carbonyl (C=O) groups is 1. The van der Waals surface area contributed by atoms with E-state index in [0.29, 0.717) is 18.4 Å². The second-order valence-corrected chi connectivity index (χ2v) is 7.47. The minimum Gasteiger partial charge on any atom is -0.345 e. The molecule has 3 rings (SSSR count). The minimum atomic E-state index is -0.123. The van der Waals surface area contributed by atoms with E-state index in [-0.39, 0.29) is 11.9 Å². The molecule has 26 heavy (non-hydrogen) atoms. The Bertz CT molecular complexity index is 640. The van der Waals surface area contributed by atoms with Gasteiger partial charge in [-0.25, -0.2) is 0 Å². The molecule has 2 heterocycles. The number of likely N-dealkylation sites (tertiary alicyclic amines) is 1. The quantitative estimate of drug-likeness (QED) is 0.861. The van der Waals surface area contributed by atoms with Crippen LogP contribution in [-0.4, -0.2) is 34.9 Å². The van der Waals surface area contributed by atoms with Crippen LogP contribution in [-0.2, 0) is 4.79 Å². The summed E-state index contributed by atoms with van der Waals surface area (Å²) >= 11 is 0. The predicted molar refractivity (Wildman–Crippen MR) is 105 cm³/mol. The molecule has 138 valence electrons. The molecule has 1 aliphatic rings. The highest BCUT2D eigenvalue weighted by Crippen LogP contribution is 2.24. The highest BCUT2D eigenvalue weighted by Gasteiger charge is 2.24. The summed E-state index contributed by atoms with van der Waals surface area (Å²) in [7, 11) is 0. The summed E-state index contributed by atoms with van der Waals surface area (Å²) in [5.74, 6) is 0.623. The van der Waals surface area contributed by atoms with Crippen molar-refractivity contribution in [3.05, 3.63) is 66.0 Å². The highest BCUT2D eigenvalue weighted by atomic mass is 16.1. The molecule has 4 heteroatoms. The molecule has 0 unspecified atom stereocenters. The Morgan fingerprint density at radius 3 is 2.31 bits per heavy atom. The highest BCUT2D eigenvalue weighted by molar-refractivity contribution is 5.77. The van der Waals surface area contributed by atoms with E-state index < -0.39 is 0 Å². The number of aromatic nitrogens is 1. The molecule has 0 spiro atoms. The van der Waals surface area contributed by atoms with Crippen molar-refractivity contribution in [2.75, 3.05) is 13.1 Å². The van der Waals surface area contributed by atoms with Gasteiger partial charge in [-0.1, -0.05) is 30.3 Å². The topological polar surface area (TPSA) is 45.2 Å². The van der Waals surface area contributed by atoms with E-state index in [0.717, 1.165) is 37.1 Å². The van der Waals surface area contributed by atoms with Crippen LogP contribution in [0.3, 0.4) is 0 Å². The Hall–Kier alpha value is -2.20. The molecule has 1 aromatic carbocycles. The fourth-order valence-corrected chi connectivity index (χ4v) is 3.72. The van der Waals surface area contributed by atoms with Gasteiger partial charge in [0, 0.05) is 24.9 Å². The lowest BCUT2D eigenvalue weighted by Crippen LogP contribution is -2.40. The number of benzene rings is 1. The third-order valence-corrected chi connectivity index (χ3v) is 5.33. The van der Waals surface area contributed by atoms with E-state index in [1.807, 2.05) is 30.3 Å². The summed E-state index contributed by atoms with van der Waals surface area (Å²) in [4.78, 5) is 19.3. The first-order chi connectivity index (χ1) is 12.6. The van der Waals surface area contributed by atoms with Crippen LogP contribution in [0.15, 0.2) is 54.9 Å².